The van der Waals surface area contributed by atoms with Crippen molar-refractivity contribution in [2.45, 2.75) is 57.2 Å². The van der Waals surface area contributed by atoms with E-state index >= 15 is 0 Å². The van der Waals surface area contributed by atoms with Gasteiger partial charge in [-0.25, -0.2) is 4.79 Å². The predicted octanol–water partition coefficient (Wildman–Crippen LogP) is 5.54. The Kier molecular flexibility index (Phi) is 7.67. The second-order valence-corrected chi connectivity index (χ2v) is 10.2. The van der Waals surface area contributed by atoms with E-state index in [1.807, 2.05) is 31.5 Å². The van der Waals surface area contributed by atoms with Gasteiger partial charge < -0.3 is 10.1 Å². The van der Waals surface area contributed by atoms with Gasteiger partial charge in [-0.2, -0.15) is 9.78 Å². The second kappa shape index (κ2) is 10.9. The number of fused-ring (bicyclic) bond motifs is 1. The Morgan fingerprint density at radius 1 is 0.971 bits per heavy atom. The van der Waals surface area contributed by atoms with E-state index in [1.165, 1.54) is 11.1 Å². The van der Waals surface area contributed by atoms with Gasteiger partial charge in [0.25, 0.3) is 0 Å². The summed E-state index contributed by atoms with van der Waals surface area (Å²) in [5.41, 5.74) is 4.07. The molecule has 8 heteroatoms. The summed E-state index contributed by atoms with van der Waals surface area (Å²) < 4.78 is 7.13. The SMILES string of the molecule is CC(C)(C)OC(=O)NCCCCCc1nnc2n1N=C(c1ccc(-c3ccccc3)cc1)CS2. The molecule has 0 saturated heterocycles. The van der Waals surface area contributed by atoms with Crippen molar-refractivity contribution in [3.63, 3.8) is 0 Å². The second-order valence-electron chi connectivity index (χ2n) is 9.23. The molecule has 1 N–H and O–H groups in total. The fraction of sp³-hybridized carbons (Fsp3) is 0.385. The van der Waals surface area contributed by atoms with Gasteiger partial charge in [0.15, 0.2) is 5.82 Å². The Balaban J connectivity index is 1.30. The van der Waals surface area contributed by atoms with Gasteiger partial charge in [0.05, 0.1) is 5.71 Å². The van der Waals surface area contributed by atoms with Crippen molar-refractivity contribution >= 4 is 23.6 Å². The first-order chi connectivity index (χ1) is 16.4. The molecular formula is C26H31N5O2S. The van der Waals surface area contributed by atoms with Gasteiger partial charge in [0.1, 0.15) is 5.60 Å². The number of alkyl carbamates (subject to hydrolysis) is 1. The third kappa shape index (κ3) is 6.47. The zero-order valence-corrected chi connectivity index (χ0v) is 20.8. The van der Waals surface area contributed by atoms with Crippen LogP contribution in [0.25, 0.3) is 11.1 Å². The first-order valence-electron chi connectivity index (χ1n) is 11.7. The number of rotatable bonds is 8. The van der Waals surface area contributed by atoms with Crippen molar-refractivity contribution in [1.82, 2.24) is 20.2 Å². The molecule has 4 rings (SSSR count). The molecule has 2 aromatic carbocycles. The monoisotopic (exact) mass is 477 g/mol. The number of unbranched alkanes of at least 4 members (excludes halogenated alkanes) is 2. The van der Waals surface area contributed by atoms with Crippen LogP contribution < -0.4 is 5.32 Å². The first-order valence-corrected chi connectivity index (χ1v) is 12.7. The van der Waals surface area contributed by atoms with E-state index < -0.39 is 5.60 Å². The normalized spacial score (nSPS) is 13.2. The molecule has 1 aliphatic rings. The largest absolute Gasteiger partial charge is 0.444 e. The van der Waals surface area contributed by atoms with Gasteiger partial charge in [-0.15, -0.1) is 10.2 Å². The number of hydrogen-bond donors (Lipinski definition) is 1. The minimum Gasteiger partial charge on any atom is -0.444 e. The lowest BCUT2D eigenvalue weighted by molar-refractivity contribution is 0.0527. The van der Waals surface area contributed by atoms with Crippen LogP contribution in [-0.4, -0.2) is 44.6 Å². The molecule has 0 bridgehead atoms. The van der Waals surface area contributed by atoms with Crippen molar-refractivity contribution in [1.29, 1.82) is 0 Å². The Morgan fingerprint density at radius 2 is 1.68 bits per heavy atom. The lowest BCUT2D eigenvalue weighted by Gasteiger charge is -2.19. The number of carbonyl (C=O) groups is 1. The van der Waals surface area contributed by atoms with Crippen LogP contribution in [0.2, 0.25) is 0 Å². The number of carbonyl (C=O) groups excluding carboxylic acids is 1. The Bertz CT molecular complexity index is 1130. The summed E-state index contributed by atoms with van der Waals surface area (Å²) in [5, 5.41) is 17.2. The molecule has 1 aliphatic heterocycles. The van der Waals surface area contributed by atoms with Gasteiger partial charge >= 0.3 is 6.09 Å². The average molecular weight is 478 g/mol. The van der Waals surface area contributed by atoms with Crippen LogP contribution >= 0.6 is 11.8 Å². The highest BCUT2D eigenvalue weighted by Crippen LogP contribution is 2.26. The summed E-state index contributed by atoms with van der Waals surface area (Å²) in [6.07, 6.45) is 3.24. The summed E-state index contributed by atoms with van der Waals surface area (Å²) in [4.78, 5) is 11.7. The van der Waals surface area contributed by atoms with E-state index in [0.717, 1.165) is 53.7 Å². The molecule has 0 atom stereocenters. The molecule has 178 valence electrons. The molecular weight excluding hydrogens is 446 g/mol. The number of nitrogens with one attached hydrogen (secondary N) is 1. The number of nitrogens with zero attached hydrogens (tertiary/aromatic N) is 4. The van der Waals surface area contributed by atoms with Crippen LogP contribution in [0.15, 0.2) is 64.9 Å². The fourth-order valence-corrected chi connectivity index (χ4v) is 4.50. The maximum Gasteiger partial charge on any atom is 0.407 e. The highest BCUT2D eigenvalue weighted by Gasteiger charge is 2.20. The molecule has 1 aromatic heterocycles. The summed E-state index contributed by atoms with van der Waals surface area (Å²) in [5.74, 6) is 1.65. The molecule has 0 saturated carbocycles. The zero-order valence-electron chi connectivity index (χ0n) is 20.0. The molecule has 34 heavy (non-hydrogen) atoms. The quantitative estimate of drug-likeness (QED) is 0.431. The third-order valence-electron chi connectivity index (χ3n) is 5.31. The van der Waals surface area contributed by atoms with E-state index in [4.69, 9.17) is 9.84 Å². The summed E-state index contributed by atoms with van der Waals surface area (Å²) in [7, 11) is 0. The molecule has 0 aliphatic carbocycles. The number of hydrogen-bond acceptors (Lipinski definition) is 6. The third-order valence-corrected chi connectivity index (χ3v) is 6.24. The fourth-order valence-electron chi connectivity index (χ4n) is 3.64. The standard InChI is InChI=1S/C26H31N5O2S/c1-26(2,3)33-25(32)27-17-9-5-8-12-23-28-29-24-31(23)30-22(18-34-24)21-15-13-20(14-16-21)19-10-6-4-7-11-19/h4,6-7,10-11,13-16H,5,8-9,12,17-18H2,1-3H3,(H,27,32). The number of aromatic nitrogens is 3. The number of benzene rings is 2. The van der Waals surface area contributed by atoms with E-state index in [9.17, 15) is 4.79 Å². The average Bonchev–Trinajstić information content (AvgIpc) is 3.23. The van der Waals surface area contributed by atoms with Gasteiger partial charge in [0.2, 0.25) is 5.16 Å². The van der Waals surface area contributed by atoms with E-state index in [1.54, 1.807) is 11.8 Å². The molecule has 0 unspecified atom stereocenters. The van der Waals surface area contributed by atoms with Crippen molar-refractivity contribution in [2.75, 3.05) is 12.3 Å². The van der Waals surface area contributed by atoms with Crippen molar-refractivity contribution < 1.29 is 9.53 Å². The number of ether oxygens (including phenoxy) is 1. The molecule has 2 heterocycles. The van der Waals surface area contributed by atoms with Crippen LogP contribution in [0.1, 0.15) is 51.4 Å². The van der Waals surface area contributed by atoms with Crippen LogP contribution in [0, 0.1) is 0 Å². The van der Waals surface area contributed by atoms with Crippen molar-refractivity contribution in [3.05, 3.63) is 66.0 Å². The lowest BCUT2D eigenvalue weighted by atomic mass is 10.0. The van der Waals surface area contributed by atoms with Gasteiger partial charge in [-0.1, -0.05) is 72.8 Å². The lowest BCUT2D eigenvalue weighted by Crippen LogP contribution is -2.32. The molecule has 1 amide bonds. The van der Waals surface area contributed by atoms with Gasteiger partial charge in [-0.3, -0.25) is 0 Å². The Morgan fingerprint density at radius 3 is 2.41 bits per heavy atom. The molecule has 0 radical (unpaired) electrons. The van der Waals surface area contributed by atoms with Crippen molar-refractivity contribution in [3.8, 4) is 11.1 Å². The maximum absolute atomic E-state index is 11.7. The minimum absolute atomic E-state index is 0.366. The summed E-state index contributed by atoms with van der Waals surface area (Å²) >= 11 is 1.67. The zero-order chi connectivity index (χ0) is 24.0. The summed E-state index contributed by atoms with van der Waals surface area (Å²) in [6, 6.07) is 18.9. The maximum atomic E-state index is 11.7. The Labute approximate surface area is 205 Å². The number of amides is 1. The Hall–Kier alpha value is -3.13. The van der Waals surface area contributed by atoms with Crippen LogP contribution in [0.5, 0.6) is 0 Å². The first kappa shape index (κ1) is 24.0. The van der Waals surface area contributed by atoms with Crippen molar-refractivity contribution in [2.24, 2.45) is 5.10 Å². The number of aryl methyl sites for hydroxylation is 1. The van der Waals surface area contributed by atoms with E-state index in [0.29, 0.717) is 6.54 Å². The molecule has 0 spiro atoms. The number of thioether (sulfide) groups is 1. The van der Waals surface area contributed by atoms with Crippen LogP contribution in [0.3, 0.4) is 0 Å². The van der Waals surface area contributed by atoms with E-state index in [-0.39, 0.29) is 6.09 Å². The molecule has 7 nitrogen and oxygen atoms in total. The molecule has 0 fully saturated rings. The minimum atomic E-state index is -0.474. The topological polar surface area (TPSA) is 81.4 Å². The van der Waals surface area contributed by atoms with E-state index in [2.05, 4.69) is 64.0 Å². The smallest absolute Gasteiger partial charge is 0.407 e. The van der Waals surface area contributed by atoms with Gasteiger partial charge in [0, 0.05) is 18.7 Å². The van der Waals surface area contributed by atoms with Crippen LogP contribution in [-0.2, 0) is 11.2 Å². The predicted molar refractivity (Wildman–Crippen MR) is 136 cm³/mol. The highest BCUT2D eigenvalue weighted by atomic mass is 32.2. The summed E-state index contributed by atoms with van der Waals surface area (Å²) in [6.45, 7) is 6.18. The molecule has 3 aromatic rings. The van der Waals surface area contributed by atoms with Crippen LogP contribution in [0.4, 0.5) is 4.79 Å². The van der Waals surface area contributed by atoms with Gasteiger partial charge in [-0.05, 0) is 50.3 Å². The highest BCUT2D eigenvalue weighted by molar-refractivity contribution is 7.99.